The number of carbonyl (C=O) groups is 2. The molecule has 6 nitrogen and oxygen atoms in total. The van der Waals surface area contributed by atoms with Crippen molar-refractivity contribution in [1.82, 2.24) is 4.90 Å². The summed E-state index contributed by atoms with van der Waals surface area (Å²) < 4.78 is 49.4. The summed E-state index contributed by atoms with van der Waals surface area (Å²) in [4.78, 5) is 25.9. The first-order chi connectivity index (χ1) is 12.2. The molecule has 0 radical (unpaired) electrons. The van der Waals surface area contributed by atoms with E-state index in [9.17, 15) is 27.9 Å². The monoisotopic (exact) mass is 375 g/mol. The molecule has 2 aliphatic heterocycles. The molecule has 26 heavy (non-hydrogen) atoms. The van der Waals surface area contributed by atoms with Gasteiger partial charge in [0.2, 0.25) is 5.91 Å². The van der Waals surface area contributed by atoms with Crippen LogP contribution in [0.25, 0.3) is 0 Å². The highest BCUT2D eigenvalue weighted by molar-refractivity contribution is 6.01. The Bertz CT molecular complexity index is 659. The van der Waals surface area contributed by atoms with Crippen molar-refractivity contribution in [3.63, 3.8) is 0 Å². The number of β-lactam (4-membered cyclic amide) rings is 1. The molecule has 2 fully saturated rings. The Balaban J connectivity index is 1.98. The van der Waals surface area contributed by atoms with Gasteiger partial charge in [-0.1, -0.05) is 12.7 Å². The summed E-state index contributed by atoms with van der Waals surface area (Å²) in [6.45, 7) is 3.36. The third-order valence-electron chi connectivity index (χ3n) is 5.33. The van der Waals surface area contributed by atoms with Crippen LogP contribution in [0.15, 0.2) is 23.9 Å². The quantitative estimate of drug-likeness (QED) is 0.448. The fraction of sp³-hybridized carbons (Fsp3) is 0.647. The molecule has 2 heterocycles. The second kappa shape index (κ2) is 6.70. The van der Waals surface area contributed by atoms with Gasteiger partial charge in [0, 0.05) is 13.0 Å². The fourth-order valence-electron chi connectivity index (χ4n) is 4.31. The number of ether oxygens (including phenoxy) is 2. The number of halogens is 3. The van der Waals surface area contributed by atoms with E-state index in [4.69, 9.17) is 9.47 Å². The van der Waals surface area contributed by atoms with Crippen molar-refractivity contribution < 1.29 is 37.3 Å². The van der Waals surface area contributed by atoms with E-state index in [-0.39, 0.29) is 12.3 Å². The number of esters is 1. The van der Waals surface area contributed by atoms with Crippen LogP contribution in [0.4, 0.5) is 13.2 Å². The minimum absolute atomic E-state index is 0.0379. The topological polar surface area (TPSA) is 76.1 Å². The molecule has 1 N–H and O–H groups in total. The summed E-state index contributed by atoms with van der Waals surface area (Å²) >= 11 is 0. The molecule has 0 aromatic rings. The highest BCUT2D eigenvalue weighted by Gasteiger charge is 2.66. The average molecular weight is 375 g/mol. The predicted octanol–water partition coefficient (Wildman–Crippen LogP) is 1.55. The van der Waals surface area contributed by atoms with E-state index >= 15 is 0 Å². The Hall–Kier alpha value is -1.87. The SMILES string of the molecule is C=CCOC(=O)C1=C2C(CCC[C@@H]2OC)[C@@H]2[C@@H]([C@H](O)C(F)(F)F)C(=O)N12. The third-order valence-corrected chi connectivity index (χ3v) is 5.33. The van der Waals surface area contributed by atoms with Crippen LogP contribution < -0.4 is 0 Å². The molecule has 1 unspecified atom stereocenters. The standard InChI is InChI=1S/C17H20F3NO5/c1-3-7-26-16(24)13-10-8(5-4-6-9(10)25-2)12-11(15(23)21(12)13)14(22)17(18,19)20/h3,8-9,11-12,14,22H,1,4-7H2,2H3/t8?,9-,11-,12+,14-/m0/s1. The minimum Gasteiger partial charge on any atom is -0.457 e. The van der Waals surface area contributed by atoms with Crippen molar-refractivity contribution in [2.75, 3.05) is 13.7 Å². The predicted molar refractivity (Wildman–Crippen MR) is 82.5 cm³/mol. The Morgan fingerprint density at radius 1 is 1.46 bits per heavy atom. The molecular formula is C17H20F3NO5. The van der Waals surface area contributed by atoms with Crippen LogP contribution in [0.5, 0.6) is 0 Å². The number of hydrogen-bond acceptors (Lipinski definition) is 5. The van der Waals surface area contributed by atoms with E-state index in [1.807, 2.05) is 0 Å². The number of fused-ring (bicyclic) bond motifs is 3. The van der Waals surface area contributed by atoms with E-state index in [2.05, 4.69) is 6.58 Å². The summed E-state index contributed by atoms with van der Waals surface area (Å²) in [5.74, 6) is -3.78. The van der Waals surface area contributed by atoms with E-state index < -0.39 is 48.1 Å². The molecule has 0 spiro atoms. The number of nitrogens with zero attached hydrogens (tertiary/aromatic N) is 1. The van der Waals surface area contributed by atoms with E-state index in [1.165, 1.54) is 13.2 Å². The van der Waals surface area contributed by atoms with E-state index in [0.29, 0.717) is 24.8 Å². The van der Waals surface area contributed by atoms with Crippen LogP contribution in [-0.4, -0.2) is 60.0 Å². The van der Waals surface area contributed by atoms with Crippen molar-refractivity contribution >= 4 is 11.9 Å². The second-order valence-corrected chi connectivity index (χ2v) is 6.66. The molecule has 1 saturated heterocycles. The molecule has 0 aromatic heterocycles. The highest BCUT2D eigenvalue weighted by Crippen LogP contribution is 2.54. The first-order valence-corrected chi connectivity index (χ1v) is 8.36. The fourth-order valence-corrected chi connectivity index (χ4v) is 4.31. The molecule has 5 atom stereocenters. The maximum atomic E-state index is 13.0. The zero-order valence-electron chi connectivity index (χ0n) is 14.2. The lowest BCUT2D eigenvalue weighted by Gasteiger charge is -2.48. The number of rotatable bonds is 5. The maximum absolute atomic E-state index is 13.0. The largest absolute Gasteiger partial charge is 0.457 e. The Kier molecular flexibility index (Phi) is 4.87. The lowest BCUT2D eigenvalue weighted by molar-refractivity contribution is -0.238. The van der Waals surface area contributed by atoms with Gasteiger partial charge < -0.3 is 19.5 Å². The summed E-state index contributed by atoms with van der Waals surface area (Å²) in [6, 6.07) is -0.904. The van der Waals surface area contributed by atoms with Crippen molar-refractivity contribution in [3.05, 3.63) is 23.9 Å². The number of methoxy groups -OCH3 is 1. The molecule has 3 aliphatic rings. The van der Waals surface area contributed by atoms with Crippen LogP contribution >= 0.6 is 0 Å². The molecule has 1 saturated carbocycles. The number of amides is 1. The van der Waals surface area contributed by atoms with Gasteiger partial charge in [-0.25, -0.2) is 4.79 Å². The molecule has 0 bridgehead atoms. The number of alkyl halides is 3. The molecule has 1 amide bonds. The first kappa shape index (κ1) is 18.9. The van der Waals surface area contributed by atoms with Crippen LogP contribution in [0.2, 0.25) is 0 Å². The highest BCUT2D eigenvalue weighted by atomic mass is 19.4. The zero-order valence-corrected chi connectivity index (χ0v) is 14.2. The lowest BCUT2D eigenvalue weighted by atomic mass is 9.71. The van der Waals surface area contributed by atoms with Gasteiger partial charge in [0.25, 0.3) is 0 Å². The van der Waals surface area contributed by atoms with Crippen molar-refractivity contribution in [2.24, 2.45) is 11.8 Å². The van der Waals surface area contributed by atoms with Crippen molar-refractivity contribution in [3.8, 4) is 0 Å². The van der Waals surface area contributed by atoms with Crippen LogP contribution in [-0.2, 0) is 19.1 Å². The summed E-state index contributed by atoms with van der Waals surface area (Å²) in [6.07, 6.45) is -4.98. The molecule has 3 rings (SSSR count). The van der Waals surface area contributed by atoms with Crippen molar-refractivity contribution in [2.45, 2.75) is 43.7 Å². The van der Waals surface area contributed by atoms with Gasteiger partial charge in [-0.3, -0.25) is 4.79 Å². The Labute approximate surface area is 148 Å². The molecule has 144 valence electrons. The van der Waals surface area contributed by atoms with Crippen LogP contribution in [0, 0.1) is 11.8 Å². The molecule has 1 aliphatic carbocycles. The summed E-state index contributed by atoms with van der Waals surface area (Å²) in [5, 5.41) is 9.65. The van der Waals surface area contributed by atoms with Crippen molar-refractivity contribution in [1.29, 1.82) is 0 Å². The number of carbonyl (C=O) groups excluding carboxylic acids is 2. The first-order valence-electron chi connectivity index (χ1n) is 8.36. The van der Waals surface area contributed by atoms with Gasteiger partial charge in [-0.2, -0.15) is 13.2 Å². The van der Waals surface area contributed by atoms with Gasteiger partial charge in [0.05, 0.1) is 18.1 Å². The molecule has 0 aromatic carbocycles. The van der Waals surface area contributed by atoms with Gasteiger partial charge in [0.15, 0.2) is 6.10 Å². The molecule has 9 heteroatoms. The van der Waals surface area contributed by atoms with Crippen LogP contribution in [0.3, 0.4) is 0 Å². The smallest absolute Gasteiger partial charge is 0.415 e. The summed E-state index contributed by atoms with van der Waals surface area (Å²) in [5.41, 5.74) is 0.465. The normalized spacial score (nSPS) is 31.9. The third kappa shape index (κ3) is 2.73. The van der Waals surface area contributed by atoms with Crippen LogP contribution in [0.1, 0.15) is 19.3 Å². The van der Waals surface area contributed by atoms with Gasteiger partial charge >= 0.3 is 12.1 Å². The maximum Gasteiger partial charge on any atom is 0.415 e. The zero-order chi connectivity index (χ0) is 19.2. The Morgan fingerprint density at radius 3 is 2.73 bits per heavy atom. The lowest BCUT2D eigenvalue weighted by Crippen LogP contribution is -2.66. The summed E-state index contributed by atoms with van der Waals surface area (Å²) in [7, 11) is 1.45. The second-order valence-electron chi connectivity index (χ2n) is 6.66. The van der Waals surface area contributed by atoms with Gasteiger partial charge in [0.1, 0.15) is 12.3 Å². The average Bonchev–Trinajstić information content (AvgIpc) is 2.89. The number of aliphatic hydroxyl groups is 1. The van der Waals surface area contributed by atoms with E-state index in [1.54, 1.807) is 0 Å². The number of aliphatic hydroxyl groups excluding tert-OH is 1. The minimum atomic E-state index is -4.91. The van der Waals surface area contributed by atoms with Gasteiger partial charge in [-0.15, -0.1) is 0 Å². The Morgan fingerprint density at radius 2 is 2.15 bits per heavy atom. The number of hydrogen-bond donors (Lipinski definition) is 1. The molecular weight excluding hydrogens is 355 g/mol. The van der Waals surface area contributed by atoms with Gasteiger partial charge in [-0.05, 0) is 24.8 Å². The van der Waals surface area contributed by atoms with E-state index in [0.717, 1.165) is 4.90 Å².